The summed E-state index contributed by atoms with van der Waals surface area (Å²) in [5, 5.41) is 2.42. The Labute approximate surface area is 113 Å². The molecule has 0 bridgehead atoms. The average molecular weight is 297 g/mol. The second-order valence-electron chi connectivity index (χ2n) is 4.40. The van der Waals surface area contributed by atoms with Gasteiger partial charge < -0.3 is 4.74 Å². The zero-order chi connectivity index (χ0) is 12.1. The molecule has 1 aliphatic rings. The third-order valence-corrected chi connectivity index (χ3v) is 3.81. The van der Waals surface area contributed by atoms with Gasteiger partial charge in [-0.25, -0.2) is 0 Å². The van der Waals surface area contributed by atoms with E-state index in [0.29, 0.717) is 0 Å². The summed E-state index contributed by atoms with van der Waals surface area (Å²) in [7, 11) is 0. The van der Waals surface area contributed by atoms with E-state index >= 15 is 0 Å². The van der Waals surface area contributed by atoms with E-state index in [2.05, 4.69) is 52.3 Å². The van der Waals surface area contributed by atoms with E-state index < -0.39 is 0 Å². The number of hydrogen-bond donors (Lipinski definition) is 0. The molecule has 0 aliphatic carbocycles. The number of ether oxygens (including phenoxy) is 1. The van der Waals surface area contributed by atoms with Crippen LogP contribution in [-0.4, -0.2) is 0 Å². The van der Waals surface area contributed by atoms with Gasteiger partial charge in [0.15, 0.2) is 0 Å². The predicted molar refractivity (Wildman–Crippen MR) is 77.2 cm³/mol. The van der Waals surface area contributed by atoms with Crippen LogP contribution in [0.1, 0.15) is 0 Å². The minimum Gasteiger partial charge on any atom is -0.456 e. The van der Waals surface area contributed by atoms with Crippen LogP contribution >= 0.6 is 15.9 Å². The second-order valence-corrected chi connectivity index (χ2v) is 5.32. The van der Waals surface area contributed by atoms with Crippen LogP contribution in [0.2, 0.25) is 0 Å². The zero-order valence-electron chi connectivity index (χ0n) is 9.48. The molecule has 0 atom stereocenters. The number of fused-ring (bicyclic) bond motifs is 2. The van der Waals surface area contributed by atoms with Crippen molar-refractivity contribution in [3.8, 4) is 22.6 Å². The van der Waals surface area contributed by atoms with Crippen molar-refractivity contribution in [1.82, 2.24) is 0 Å². The zero-order valence-corrected chi connectivity index (χ0v) is 11.1. The molecule has 0 fully saturated rings. The monoisotopic (exact) mass is 296 g/mol. The van der Waals surface area contributed by atoms with Crippen molar-refractivity contribution < 1.29 is 4.74 Å². The maximum absolute atomic E-state index is 6.00. The smallest absolute Gasteiger partial charge is 0.136 e. The van der Waals surface area contributed by atoms with Gasteiger partial charge >= 0.3 is 0 Å². The third kappa shape index (κ3) is 1.33. The maximum atomic E-state index is 6.00. The van der Waals surface area contributed by atoms with Crippen molar-refractivity contribution in [3.63, 3.8) is 0 Å². The molecule has 0 radical (unpaired) electrons. The van der Waals surface area contributed by atoms with Crippen LogP contribution in [0.25, 0.3) is 21.9 Å². The van der Waals surface area contributed by atoms with Gasteiger partial charge in [-0.05, 0) is 35.2 Å². The van der Waals surface area contributed by atoms with Gasteiger partial charge in [0.2, 0.25) is 0 Å². The van der Waals surface area contributed by atoms with Crippen LogP contribution in [0.4, 0.5) is 0 Å². The number of rotatable bonds is 0. The second kappa shape index (κ2) is 3.59. The topological polar surface area (TPSA) is 9.23 Å². The van der Waals surface area contributed by atoms with Gasteiger partial charge in [-0.1, -0.05) is 46.3 Å². The highest BCUT2D eigenvalue weighted by Gasteiger charge is 2.19. The lowest BCUT2D eigenvalue weighted by atomic mass is 9.95. The van der Waals surface area contributed by atoms with E-state index in [1.807, 2.05) is 18.2 Å². The Kier molecular flexibility index (Phi) is 2.03. The molecule has 1 nitrogen and oxygen atoms in total. The number of benzene rings is 3. The summed E-state index contributed by atoms with van der Waals surface area (Å²) in [4.78, 5) is 0. The molecule has 0 aromatic heterocycles. The van der Waals surface area contributed by atoms with Gasteiger partial charge in [-0.15, -0.1) is 0 Å². The lowest BCUT2D eigenvalue weighted by Gasteiger charge is -2.21. The molecule has 1 heterocycles. The highest BCUT2D eigenvalue weighted by atomic mass is 79.9. The summed E-state index contributed by atoms with van der Waals surface area (Å²) in [6, 6.07) is 18.7. The lowest BCUT2D eigenvalue weighted by Crippen LogP contribution is -1.96. The summed E-state index contributed by atoms with van der Waals surface area (Å²) in [5.74, 6) is 1.85. The Morgan fingerprint density at radius 1 is 0.778 bits per heavy atom. The Morgan fingerprint density at radius 3 is 2.50 bits per heavy atom. The molecule has 0 amide bonds. The quantitative estimate of drug-likeness (QED) is 0.423. The lowest BCUT2D eigenvalue weighted by molar-refractivity contribution is 0.486. The molecule has 1 aliphatic heterocycles. The molecular weight excluding hydrogens is 288 g/mol. The van der Waals surface area contributed by atoms with E-state index in [1.54, 1.807) is 0 Å². The first-order valence-corrected chi connectivity index (χ1v) is 6.62. The average Bonchev–Trinajstić information content (AvgIpc) is 2.39. The molecule has 0 N–H and O–H groups in total. The van der Waals surface area contributed by atoms with Crippen molar-refractivity contribution in [2.75, 3.05) is 0 Å². The molecule has 4 rings (SSSR count). The molecule has 0 saturated heterocycles. The molecule has 3 aromatic carbocycles. The van der Waals surface area contributed by atoms with Crippen molar-refractivity contribution in [1.29, 1.82) is 0 Å². The first-order valence-electron chi connectivity index (χ1n) is 5.82. The van der Waals surface area contributed by atoms with Crippen LogP contribution in [0.3, 0.4) is 0 Å². The van der Waals surface area contributed by atoms with Crippen LogP contribution in [0.15, 0.2) is 59.1 Å². The fourth-order valence-electron chi connectivity index (χ4n) is 2.54. The SMILES string of the molecule is Brc1ccc2c(c1)Oc1cccc3cccc-2c13. The molecule has 0 unspecified atom stereocenters. The standard InChI is InChI=1S/C16H9BrO/c17-11-7-8-12-13-5-1-3-10-4-2-6-14(16(10)13)18-15(12)9-11/h1-9H. The molecule has 86 valence electrons. The summed E-state index contributed by atoms with van der Waals surface area (Å²) in [5.41, 5.74) is 2.40. The van der Waals surface area contributed by atoms with Crippen LogP contribution in [0, 0.1) is 0 Å². The van der Waals surface area contributed by atoms with Gasteiger partial charge in [0.05, 0.1) is 0 Å². The minimum atomic E-state index is 0.913. The first-order chi connectivity index (χ1) is 8.83. The maximum Gasteiger partial charge on any atom is 0.136 e. The van der Waals surface area contributed by atoms with Gasteiger partial charge in [-0.2, -0.15) is 0 Å². The molecule has 2 heteroatoms. The van der Waals surface area contributed by atoms with Crippen molar-refractivity contribution in [2.24, 2.45) is 0 Å². The van der Waals surface area contributed by atoms with Gasteiger partial charge in [0.25, 0.3) is 0 Å². The van der Waals surface area contributed by atoms with E-state index in [0.717, 1.165) is 21.5 Å². The summed E-state index contributed by atoms with van der Waals surface area (Å²) < 4.78 is 7.04. The first kappa shape index (κ1) is 10.2. The van der Waals surface area contributed by atoms with Crippen LogP contribution in [-0.2, 0) is 0 Å². The Bertz CT molecular complexity index is 772. The highest BCUT2D eigenvalue weighted by molar-refractivity contribution is 9.10. The molecule has 3 aromatic rings. The molecular formula is C16H9BrO. The predicted octanol–water partition coefficient (Wildman–Crippen LogP) is 5.38. The van der Waals surface area contributed by atoms with E-state index in [4.69, 9.17) is 4.74 Å². The van der Waals surface area contributed by atoms with E-state index in [1.165, 1.54) is 16.3 Å². The normalized spacial score (nSPS) is 12.1. The molecule has 0 saturated carbocycles. The third-order valence-electron chi connectivity index (χ3n) is 3.32. The fourth-order valence-corrected chi connectivity index (χ4v) is 2.88. The van der Waals surface area contributed by atoms with E-state index in [-0.39, 0.29) is 0 Å². The van der Waals surface area contributed by atoms with Crippen molar-refractivity contribution in [3.05, 3.63) is 59.1 Å². The van der Waals surface area contributed by atoms with Crippen molar-refractivity contribution in [2.45, 2.75) is 0 Å². The minimum absolute atomic E-state index is 0.913. The fraction of sp³-hybridized carbons (Fsp3) is 0. The number of hydrogen-bond acceptors (Lipinski definition) is 1. The summed E-state index contributed by atoms with van der Waals surface area (Å²) in [6.07, 6.45) is 0. The van der Waals surface area contributed by atoms with Crippen LogP contribution in [0.5, 0.6) is 11.5 Å². The van der Waals surface area contributed by atoms with Gasteiger partial charge in [0, 0.05) is 15.4 Å². The Balaban J connectivity index is 2.17. The Hall–Kier alpha value is -1.80. The summed E-state index contributed by atoms with van der Waals surface area (Å²) >= 11 is 3.49. The number of halogens is 1. The van der Waals surface area contributed by atoms with Crippen molar-refractivity contribution >= 4 is 26.7 Å². The largest absolute Gasteiger partial charge is 0.456 e. The van der Waals surface area contributed by atoms with Gasteiger partial charge in [-0.3, -0.25) is 0 Å². The molecule has 0 spiro atoms. The molecule has 18 heavy (non-hydrogen) atoms. The van der Waals surface area contributed by atoms with Crippen LogP contribution < -0.4 is 4.74 Å². The van der Waals surface area contributed by atoms with Gasteiger partial charge in [0.1, 0.15) is 11.5 Å². The summed E-state index contributed by atoms with van der Waals surface area (Å²) in [6.45, 7) is 0. The van der Waals surface area contributed by atoms with E-state index in [9.17, 15) is 0 Å². The Morgan fingerprint density at radius 2 is 1.61 bits per heavy atom. The highest BCUT2D eigenvalue weighted by Crippen LogP contribution is 2.46.